The largest absolute Gasteiger partial charge is 0.330 e. The molecule has 2 fully saturated rings. The molecule has 0 aromatic heterocycles. The molecule has 0 bridgehead atoms. The molecule has 2 rings (SSSR count). The summed E-state index contributed by atoms with van der Waals surface area (Å²) in [6.07, 6.45) is 2.89. The summed E-state index contributed by atoms with van der Waals surface area (Å²) in [7, 11) is 0. The predicted octanol–water partition coefficient (Wildman–Crippen LogP) is -0.181. The third-order valence-corrected chi connectivity index (χ3v) is 3.48. The Morgan fingerprint density at radius 3 is 2.94 bits per heavy atom. The molecule has 0 spiro atoms. The van der Waals surface area contributed by atoms with Gasteiger partial charge in [-0.2, -0.15) is 0 Å². The predicted molar refractivity (Wildman–Crippen MR) is 64.5 cm³/mol. The second kappa shape index (κ2) is 5.49. The number of nitrogens with one attached hydrogen (secondary N) is 1. The number of rotatable bonds is 5. The molecule has 1 N–H and O–H groups in total. The number of piperazine rings is 1. The van der Waals surface area contributed by atoms with Gasteiger partial charge in [-0.1, -0.05) is 6.92 Å². The molecular formula is C12H21N3O2. The average Bonchev–Trinajstić information content (AvgIpc) is 2.80. The van der Waals surface area contributed by atoms with Crippen LogP contribution in [0.15, 0.2) is 0 Å². The van der Waals surface area contributed by atoms with Crippen LogP contribution in [0.4, 0.5) is 0 Å². The molecule has 2 saturated heterocycles. The summed E-state index contributed by atoms with van der Waals surface area (Å²) in [6, 6.07) is -0.164. The lowest BCUT2D eigenvalue weighted by atomic mass is 10.1. The molecule has 1 atom stereocenters. The Bertz CT molecular complexity index is 306. The first-order valence-electron chi connectivity index (χ1n) is 6.53. The number of hydrogen-bond donors (Lipinski definition) is 1. The molecule has 5 heteroatoms. The Hall–Kier alpha value is -1.10. The zero-order valence-electron chi connectivity index (χ0n) is 10.4. The Balaban J connectivity index is 1.86. The SMILES string of the molecule is CCCNCCN1CC(=O)N2CCCC2C1=O. The van der Waals surface area contributed by atoms with Gasteiger partial charge in [0.25, 0.3) is 0 Å². The first-order valence-corrected chi connectivity index (χ1v) is 6.53. The summed E-state index contributed by atoms with van der Waals surface area (Å²) >= 11 is 0. The molecule has 5 nitrogen and oxygen atoms in total. The van der Waals surface area contributed by atoms with E-state index in [2.05, 4.69) is 12.2 Å². The van der Waals surface area contributed by atoms with Gasteiger partial charge in [-0.05, 0) is 25.8 Å². The fourth-order valence-electron chi connectivity index (χ4n) is 2.57. The van der Waals surface area contributed by atoms with E-state index in [-0.39, 0.29) is 24.4 Å². The molecule has 2 aliphatic rings. The molecule has 0 aromatic carbocycles. The van der Waals surface area contributed by atoms with Crippen LogP contribution in [0.1, 0.15) is 26.2 Å². The van der Waals surface area contributed by atoms with Crippen molar-refractivity contribution in [2.24, 2.45) is 0 Å². The first-order chi connectivity index (χ1) is 8.24. The quantitative estimate of drug-likeness (QED) is 0.677. The molecule has 2 heterocycles. The van der Waals surface area contributed by atoms with E-state index in [1.54, 1.807) is 9.80 Å². The molecule has 0 aromatic rings. The number of amides is 2. The van der Waals surface area contributed by atoms with Crippen LogP contribution >= 0.6 is 0 Å². The third kappa shape index (κ3) is 2.60. The van der Waals surface area contributed by atoms with E-state index >= 15 is 0 Å². The van der Waals surface area contributed by atoms with Crippen molar-refractivity contribution in [3.63, 3.8) is 0 Å². The van der Waals surface area contributed by atoms with Gasteiger partial charge >= 0.3 is 0 Å². The number of carbonyl (C=O) groups is 2. The van der Waals surface area contributed by atoms with Crippen LogP contribution in [0.25, 0.3) is 0 Å². The van der Waals surface area contributed by atoms with Crippen LogP contribution in [0.5, 0.6) is 0 Å². The summed E-state index contributed by atoms with van der Waals surface area (Å²) in [6.45, 7) is 5.53. The highest BCUT2D eigenvalue weighted by Gasteiger charge is 2.41. The van der Waals surface area contributed by atoms with E-state index in [4.69, 9.17) is 0 Å². The fourth-order valence-corrected chi connectivity index (χ4v) is 2.57. The van der Waals surface area contributed by atoms with Gasteiger partial charge in [0.1, 0.15) is 6.04 Å². The van der Waals surface area contributed by atoms with Gasteiger partial charge in [-0.25, -0.2) is 0 Å². The van der Waals surface area contributed by atoms with Crippen LogP contribution in [-0.4, -0.2) is 60.4 Å². The molecule has 17 heavy (non-hydrogen) atoms. The fraction of sp³-hybridized carbons (Fsp3) is 0.833. The molecule has 2 amide bonds. The number of nitrogens with zero attached hydrogens (tertiary/aromatic N) is 2. The summed E-state index contributed by atoms with van der Waals surface area (Å²) in [5.41, 5.74) is 0. The van der Waals surface area contributed by atoms with E-state index in [1.165, 1.54) is 0 Å². The maximum absolute atomic E-state index is 12.1. The Kier molecular flexibility index (Phi) is 3.99. The lowest BCUT2D eigenvalue weighted by Crippen LogP contribution is -2.58. The molecule has 96 valence electrons. The van der Waals surface area contributed by atoms with Crippen molar-refractivity contribution in [3.8, 4) is 0 Å². The minimum absolute atomic E-state index is 0.114. The lowest BCUT2D eigenvalue weighted by Gasteiger charge is -2.36. The van der Waals surface area contributed by atoms with Gasteiger partial charge in [0.15, 0.2) is 0 Å². The van der Waals surface area contributed by atoms with Crippen molar-refractivity contribution in [1.29, 1.82) is 0 Å². The number of fused-ring (bicyclic) bond motifs is 1. The van der Waals surface area contributed by atoms with Crippen LogP contribution in [-0.2, 0) is 9.59 Å². The minimum Gasteiger partial charge on any atom is -0.330 e. The van der Waals surface area contributed by atoms with Gasteiger partial charge in [0.2, 0.25) is 11.8 Å². The van der Waals surface area contributed by atoms with E-state index in [9.17, 15) is 9.59 Å². The zero-order chi connectivity index (χ0) is 12.3. The summed E-state index contributed by atoms with van der Waals surface area (Å²) in [5, 5.41) is 3.26. The monoisotopic (exact) mass is 239 g/mol. The highest BCUT2D eigenvalue weighted by molar-refractivity contribution is 5.95. The van der Waals surface area contributed by atoms with Crippen molar-refractivity contribution in [3.05, 3.63) is 0 Å². The van der Waals surface area contributed by atoms with Crippen LogP contribution in [0, 0.1) is 0 Å². The molecule has 0 saturated carbocycles. The molecule has 0 aliphatic carbocycles. The molecule has 0 radical (unpaired) electrons. The van der Waals surface area contributed by atoms with Crippen molar-refractivity contribution in [2.45, 2.75) is 32.2 Å². The van der Waals surface area contributed by atoms with Gasteiger partial charge in [0.05, 0.1) is 6.54 Å². The van der Waals surface area contributed by atoms with Crippen molar-refractivity contribution in [1.82, 2.24) is 15.1 Å². The standard InChI is InChI=1S/C12H21N3O2/c1-2-5-13-6-8-14-9-11(16)15-7-3-4-10(15)12(14)17/h10,13H,2-9H2,1H3. The van der Waals surface area contributed by atoms with Crippen LogP contribution < -0.4 is 5.32 Å². The van der Waals surface area contributed by atoms with E-state index < -0.39 is 0 Å². The van der Waals surface area contributed by atoms with E-state index in [0.29, 0.717) is 6.54 Å². The van der Waals surface area contributed by atoms with Gasteiger partial charge in [-0.15, -0.1) is 0 Å². The van der Waals surface area contributed by atoms with E-state index in [0.717, 1.165) is 38.9 Å². The summed E-state index contributed by atoms with van der Waals surface area (Å²) < 4.78 is 0. The Labute approximate surface area is 102 Å². The van der Waals surface area contributed by atoms with Gasteiger partial charge in [0, 0.05) is 19.6 Å². The minimum atomic E-state index is -0.164. The zero-order valence-corrected chi connectivity index (χ0v) is 10.4. The molecular weight excluding hydrogens is 218 g/mol. The Morgan fingerprint density at radius 1 is 1.35 bits per heavy atom. The maximum Gasteiger partial charge on any atom is 0.245 e. The first kappa shape index (κ1) is 12.4. The highest BCUT2D eigenvalue weighted by atomic mass is 16.2. The van der Waals surface area contributed by atoms with Gasteiger partial charge in [-0.3, -0.25) is 9.59 Å². The van der Waals surface area contributed by atoms with Crippen molar-refractivity contribution >= 4 is 11.8 Å². The number of carbonyl (C=O) groups excluding carboxylic acids is 2. The summed E-state index contributed by atoms with van der Waals surface area (Å²) in [5.74, 6) is 0.253. The normalized spacial score (nSPS) is 24.4. The molecule has 2 aliphatic heterocycles. The van der Waals surface area contributed by atoms with Crippen LogP contribution in [0.2, 0.25) is 0 Å². The summed E-state index contributed by atoms with van der Waals surface area (Å²) in [4.78, 5) is 27.4. The Morgan fingerprint density at radius 2 is 2.18 bits per heavy atom. The van der Waals surface area contributed by atoms with Crippen LogP contribution in [0.3, 0.4) is 0 Å². The van der Waals surface area contributed by atoms with Crippen molar-refractivity contribution < 1.29 is 9.59 Å². The average molecular weight is 239 g/mol. The second-order valence-electron chi connectivity index (χ2n) is 4.75. The van der Waals surface area contributed by atoms with Crippen molar-refractivity contribution in [2.75, 3.05) is 32.7 Å². The smallest absolute Gasteiger partial charge is 0.245 e. The topological polar surface area (TPSA) is 52.7 Å². The highest BCUT2D eigenvalue weighted by Crippen LogP contribution is 2.23. The van der Waals surface area contributed by atoms with E-state index in [1.807, 2.05) is 0 Å². The third-order valence-electron chi connectivity index (χ3n) is 3.48. The lowest BCUT2D eigenvalue weighted by molar-refractivity contribution is -0.153. The second-order valence-corrected chi connectivity index (χ2v) is 4.75. The number of hydrogen-bond acceptors (Lipinski definition) is 3. The maximum atomic E-state index is 12.1. The van der Waals surface area contributed by atoms with Gasteiger partial charge < -0.3 is 15.1 Å². The molecule has 1 unspecified atom stereocenters.